The Morgan fingerprint density at radius 2 is 1.90 bits per heavy atom. The van der Waals surface area contributed by atoms with E-state index in [2.05, 4.69) is 15.0 Å². The first-order valence-corrected chi connectivity index (χ1v) is 11.5. The number of sulfonamides is 1. The molecule has 0 spiro atoms. The molecule has 1 heterocycles. The summed E-state index contributed by atoms with van der Waals surface area (Å²) in [4.78, 5) is 17.1. The van der Waals surface area contributed by atoms with Crippen molar-refractivity contribution < 1.29 is 17.9 Å². The molecule has 7 nitrogen and oxygen atoms in total. The first kappa shape index (κ1) is 21.6. The second-order valence-electron chi connectivity index (χ2n) is 7.13. The first-order valence-electron chi connectivity index (χ1n) is 9.59. The fourth-order valence-electron chi connectivity index (χ4n) is 3.11. The lowest BCUT2D eigenvalue weighted by atomic mass is 10.0. The van der Waals surface area contributed by atoms with E-state index in [1.54, 1.807) is 36.4 Å². The minimum Gasteiger partial charge on any atom is -0.478 e. The smallest absolute Gasteiger partial charge is 0.251 e. The summed E-state index contributed by atoms with van der Waals surface area (Å²) in [5.41, 5.74) is 3.47. The molecule has 0 aliphatic rings. The molecule has 0 unspecified atom stereocenters. The summed E-state index contributed by atoms with van der Waals surface area (Å²) < 4.78 is 30.8. The number of nitrogens with one attached hydrogen (secondary N) is 2. The van der Waals surface area contributed by atoms with Crippen LogP contribution >= 0.6 is 0 Å². The molecule has 0 aliphatic heterocycles. The molecule has 1 amide bonds. The Kier molecular flexibility index (Phi) is 6.26. The summed E-state index contributed by atoms with van der Waals surface area (Å²) in [6, 6.07) is 14.1. The van der Waals surface area contributed by atoms with Crippen LogP contribution in [0.25, 0.3) is 10.9 Å². The van der Waals surface area contributed by atoms with Gasteiger partial charge in [0.1, 0.15) is 0 Å². The summed E-state index contributed by atoms with van der Waals surface area (Å²) in [5.74, 6) is 0.356. The molecule has 2 aromatic carbocycles. The average molecular weight is 428 g/mol. The third kappa shape index (κ3) is 5.27. The molecule has 0 aliphatic carbocycles. The van der Waals surface area contributed by atoms with Crippen LogP contribution in [0.5, 0.6) is 5.88 Å². The molecular formula is C22H25N3O4S. The molecule has 1 atom stereocenters. The number of carbonyl (C=O) groups excluding carboxylic acids is 1. The first-order chi connectivity index (χ1) is 14.2. The van der Waals surface area contributed by atoms with E-state index in [1.807, 2.05) is 32.9 Å². The van der Waals surface area contributed by atoms with Crippen LogP contribution in [0.15, 0.2) is 48.5 Å². The van der Waals surface area contributed by atoms with Gasteiger partial charge in [-0.2, -0.15) is 0 Å². The van der Waals surface area contributed by atoms with E-state index >= 15 is 0 Å². The zero-order valence-electron chi connectivity index (χ0n) is 17.4. The molecule has 0 bridgehead atoms. The van der Waals surface area contributed by atoms with Crippen molar-refractivity contribution in [3.63, 3.8) is 0 Å². The normalized spacial score (nSPS) is 12.4. The van der Waals surface area contributed by atoms with Gasteiger partial charge in [-0.25, -0.2) is 13.4 Å². The summed E-state index contributed by atoms with van der Waals surface area (Å²) >= 11 is 0. The maximum absolute atomic E-state index is 12.7. The van der Waals surface area contributed by atoms with Gasteiger partial charge in [0.2, 0.25) is 15.9 Å². The number of amides is 1. The maximum Gasteiger partial charge on any atom is 0.251 e. The molecule has 0 saturated heterocycles. The molecule has 1 aromatic heterocycles. The molecule has 0 fully saturated rings. The van der Waals surface area contributed by atoms with Crippen LogP contribution in [-0.4, -0.2) is 32.2 Å². The zero-order valence-corrected chi connectivity index (χ0v) is 18.2. The minimum atomic E-state index is -3.34. The van der Waals surface area contributed by atoms with Crippen LogP contribution in [0.1, 0.15) is 41.4 Å². The lowest BCUT2D eigenvalue weighted by Crippen LogP contribution is -2.26. The second kappa shape index (κ2) is 8.71. The van der Waals surface area contributed by atoms with E-state index in [9.17, 15) is 13.2 Å². The van der Waals surface area contributed by atoms with E-state index in [4.69, 9.17) is 4.74 Å². The molecule has 3 rings (SSSR count). The van der Waals surface area contributed by atoms with Crippen molar-refractivity contribution in [1.29, 1.82) is 0 Å². The molecule has 0 saturated carbocycles. The Hall–Kier alpha value is -3.13. The molecule has 0 radical (unpaired) electrons. The highest BCUT2D eigenvalue weighted by molar-refractivity contribution is 7.92. The monoisotopic (exact) mass is 427 g/mol. The van der Waals surface area contributed by atoms with Crippen LogP contribution in [0, 0.1) is 6.92 Å². The highest BCUT2D eigenvalue weighted by Crippen LogP contribution is 2.23. The van der Waals surface area contributed by atoms with Crippen molar-refractivity contribution in [1.82, 2.24) is 10.3 Å². The SMILES string of the molecule is CCOc1ccc2cc(C(=O)N[C@@H](C)c3ccc(NS(C)(=O)=O)c(C)c3)ccc2n1. The number of pyridine rings is 1. The molecule has 158 valence electrons. The minimum absolute atomic E-state index is 0.200. The fourth-order valence-corrected chi connectivity index (χ4v) is 3.74. The Bertz CT molecular complexity index is 1190. The molecule has 30 heavy (non-hydrogen) atoms. The summed E-state index contributed by atoms with van der Waals surface area (Å²) in [6.45, 7) is 6.14. The number of benzene rings is 2. The van der Waals surface area contributed by atoms with Crippen molar-refractivity contribution in [3.05, 3.63) is 65.2 Å². The number of aryl methyl sites for hydroxylation is 1. The number of nitrogens with zero attached hydrogens (tertiary/aromatic N) is 1. The van der Waals surface area contributed by atoms with Gasteiger partial charge in [-0.15, -0.1) is 0 Å². The lowest BCUT2D eigenvalue weighted by Gasteiger charge is -2.17. The van der Waals surface area contributed by atoms with Crippen molar-refractivity contribution in [3.8, 4) is 5.88 Å². The number of anilines is 1. The third-order valence-electron chi connectivity index (χ3n) is 4.61. The van der Waals surface area contributed by atoms with E-state index in [-0.39, 0.29) is 11.9 Å². The van der Waals surface area contributed by atoms with E-state index < -0.39 is 10.0 Å². The Morgan fingerprint density at radius 1 is 1.13 bits per heavy atom. The quantitative estimate of drug-likeness (QED) is 0.598. The fraction of sp³-hybridized carbons (Fsp3) is 0.273. The van der Waals surface area contributed by atoms with E-state index in [0.717, 1.165) is 28.3 Å². The van der Waals surface area contributed by atoms with Gasteiger partial charge in [-0.3, -0.25) is 9.52 Å². The number of aromatic nitrogens is 1. The van der Waals surface area contributed by atoms with Crippen LogP contribution < -0.4 is 14.8 Å². The highest BCUT2D eigenvalue weighted by atomic mass is 32.2. The lowest BCUT2D eigenvalue weighted by molar-refractivity contribution is 0.0940. The van der Waals surface area contributed by atoms with Crippen molar-refractivity contribution in [2.24, 2.45) is 0 Å². The van der Waals surface area contributed by atoms with Gasteiger partial charge in [-0.1, -0.05) is 12.1 Å². The molecular weight excluding hydrogens is 402 g/mol. The summed E-state index contributed by atoms with van der Waals surface area (Å²) in [7, 11) is -3.34. The molecule has 3 aromatic rings. The number of fused-ring (bicyclic) bond motifs is 1. The predicted octanol–water partition coefficient (Wildman–Crippen LogP) is 3.80. The number of hydrogen-bond acceptors (Lipinski definition) is 5. The van der Waals surface area contributed by atoms with Crippen molar-refractivity contribution in [2.75, 3.05) is 17.6 Å². The Labute approximate surface area is 176 Å². The van der Waals surface area contributed by atoms with Crippen LogP contribution in [0.2, 0.25) is 0 Å². The largest absolute Gasteiger partial charge is 0.478 e. The Morgan fingerprint density at radius 3 is 2.57 bits per heavy atom. The van der Waals surface area contributed by atoms with Gasteiger partial charge in [0.05, 0.1) is 30.1 Å². The van der Waals surface area contributed by atoms with Gasteiger partial charge in [0, 0.05) is 17.0 Å². The van der Waals surface area contributed by atoms with Crippen LogP contribution in [0.3, 0.4) is 0 Å². The zero-order chi connectivity index (χ0) is 21.9. The van der Waals surface area contributed by atoms with Gasteiger partial charge < -0.3 is 10.1 Å². The number of ether oxygens (including phenoxy) is 1. The van der Waals surface area contributed by atoms with Gasteiger partial charge in [0.15, 0.2) is 0 Å². The highest BCUT2D eigenvalue weighted by Gasteiger charge is 2.14. The standard InChI is InChI=1S/C22H25N3O4S/c1-5-29-21-11-8-17-13-18(7-10-20(17)24-21)22(26)23-15(3)16-6-9-19(14(2)12-16)25-30(4,27)28/h6-13,15,25H,5H2,1-4H3,(H,23,26)/t15-/m0/s1. The van der Waals surface area contributed by atoms with Crippen LogP contribution in [0.4, 0.5) is 5.69 Å². The third-order valence-corrected chi connectivity index (χ3v) is 5.20. The Balaban J connectivity index is 1.75. The van der Waals surface area contributed by atoms with Gasteiger partial charge in [0.25, 0.3) is 5.91 Å². The number of rotatable bonds is 7. The van der Waals surface area contributed by atoms with Gasteiger partial charge in [-0.05, 0) is 62.2 Å². The molecule has 8 heteroatoms. The average Bonchev–Trinajstić information content (AvgIpc) is 2.68. The second-order valence-corrected chi connectivity index (χ2v) is 8.88. The summed E-state index contributed by atoms with van der Waals surface area (Å²) in [5, 5.41) is 3.83. The van der Waals surface area contributed by atoms with E-state index in [0.29, 0.717) is 23.7 Å². The molecule has 2 N–H and O–H groups in total. The maximum atomic E-state index is 12.7. The number of carbonyl (C=O) groups is 1. The number of hydrogen-bond donors (Lipinski definition) is 2. The van der Waals surface area contributed by atoms with Crippen molar-refractivity contribution >= 4 is 32.5 Å². The van der Waals surface area contributed by atoms with E-state index in [1.165, 1.54) is 0 Å². The van der Waals surface area contributed by atoms with Gasteiger partial charge >= 0.3 is 0 Å². The predicted molar refractivity (Wildman–Crippen MR) is 118 cm³/mol. The topological polar surface area (TPSA) is 97.4 Å². The van der Waals surface area contributed by atoms with Crippen molar-refractivity contribution in [2.45, 2.75) is 26.8 Å². The summed E-state index contributed by atoms with van der Waals surface area (Å²) in [6.07, 6.45) is 1.11. The van der Waals surface area contributed by atoms with Crippen LogP contribution in [-0.2, 0) is 10.0 Å².